The van der Waals surface area contributed by atoms with Crippen molar-refractivity contribution in [1.82, 2.24) is 14.9 Å². The van der Waals surface area contributed by atoms with Crippen LogP contribution in [0.15, 0.2) is 54.2 Å². The van der Waals surface area contributed by atoms with Crippen LogP contribution >= 0.6 is 11.6 Å². The highest BCUT2D eigenvalue weighted by molar-refractivity contribution is 6.32. The number of halogens is 1. The van der Waals surface area contributed by atoms with E-state index in [0.717, 1.165) is 17.7 Å². The van der Waals surface area contributed by atoms with Gasteiger partial charge in [-0.05, 0) is 47.7 Å². The lowest BCUT2D eigenvalue weighted by atomic mass is 9.99. The van der Waals surface area contributed by atoms with Gasteiger partial charge in [0.1, 0.15) is 31.6 Å². The molecule has 1 unspecified atom stereocenters. The Morgan fingerprint density at radius 2 is 1.80 bits per heavy atom. The third kappa shape index (κ3) is 5.73. The minimum Gasteiger partial charge on any atom is -0.493 e. The molecule has 0 N–H and O–H groups in total. The molecule has 3 rings (SSSR count). The second-order valence-electron chi connectivity index (χ2n) is 6.70. The summed E-state index contributed by atoms with van der Waals surface area (Å²) in [5.41, 5.74) is 2.07. The van der Waals surface area contributed by atoms with Crippen LogP contribution < -0.4 is 14.2 Å². The third-order valence-electron chi connectivity index (χ3n) is 4.66. The minimum atomic E-state index is 0.331. The van der Waals surface area contributed by atoms with E-state index in [4.69, 9.17) is 25.8 Å². The van der Waals surface area contributed by atoms with Gasteiger partial charge in [0, 0.05) is 0 Å². The van der Waals surface area contributed by atoms with Crippen molar-refractivity contribution < 1.29 is 14.2 Å². The first kappa shape index (κ1) is 21.6. The molecule has 30 heavy (non-hydrogen) atoms. The molecule has 0 fully saturated rings. The quantitative estimate of drug-likeness (QED) is 0.343. The Morgan fingerprint density at radius 1 is 1.10 bits per heavy atom. The molecule has 0 aliphatic carbocycles. The number of hydrogen-bond acceptors (Lipinski definition) is 6. The maximum atomic E-state index is 6.39. The molecule has 1 atom stereocenters. The largest absolute Gasteiger partial charge is 0.493 e. The smallest absolute Gasteiger partial charge is 0.179 e. The number of nitrogens with zero attached hydrogens (tertiary/aromatic N) is 4. The maximum absolute atomic E-state index is 6.39. The topological polar surface area (TPSA) is 70.8 Å². The molecular weight excluding hydrogens is 404 g/mol. The van der Waals surface area contributed by atoms with Gasteiger partial charge in [0.05, 0.1) is 18.3 Å². The van der Waals surface area contributed by atoms with E-state index < -0.39 is 0 Å². The number of methoxy groups -OCH3 is 1. The van der Waals surface area contributed by atoms with Crippen LogP contribution in [0.25, 0.3) is 0 Å². The maximum Gasteiger partial charge on any atom is 0.179 e. The summed E-state index contributed by atoms with van der Waals surface area (Å²) in [6.07, 6.45) is 5.73. The van der Waals surface area contributed by atoms with Gasteiger partial charge in [0.2, 0.25) is 0 Å². The Kier molecular flexibility index (Phi) is 7.68. The van der Waals surface area contributed by atoms with Gasteiger partial charge in [-0.3, -0.25) is 0 Å². The molecule has 158 valence electrons. The van der Waals surface area contributed by atoms with Crippen LogP contribution in [0, 0.1) is 0 Å². The van der Waals surface area contributed by atoms with Crippen molar-refractivity contribution >= 4 is 17.8 Å². The predicted octanol–water partition coefficient (Wildman–Crippen LogP) is 4.79. The molecule has 3 aromatic rings. The van der Waals surface area contributed by atoms with Crippen LogP contribution in [0.5, 0.6) is 17.2 Å². The zero-order chi connectivity index (χ0) is 21.3. The van der Waals surface area contributed by atoms with Crippen LogP contribution in [-0.4, -0.2) is 41.4 Å². The van der Waals surface area contributed by atoms with E-state index in [-0.39, 0.29) is 0 Å². The van der Waals surface area contributed by atoms with Crippen LogP contribution in [-0.2, 0) is 0 Å². The summed E-state index contributed by atoms with van der Waals surface area (Å²) in [6, 6.07) is 11.7. The van der Waals surface area contributed by atoms with Gasteiger partial charge in [0.15, 0.2) is 11.5 Å². The lowest BCUT2D eigenvalue weighted by Crippen LogP contribution is -2.10. The van der Waals surface area contributed by atoms with Crippen molar-refractivity contribution in [3.05, 3.63) is 65.2 Å². The van der Waals surface area contributed by atoms with E-state index in [9.17, 15) is 0 Å². The summed E-state index contributed by atoms with van der Waals surface area (Å²) in [7, 11) is 1.56. The van der Waals surface area contributed by atoms with Gasteiger partial charge >= 0.3 is 0 Å². The van der Waals surface area contributed by atoms with E-state index in [2.05, 4.69) is 41.3 Å². The van der Waals surface area contributed by atoms with Crippen molar-refractivity contribution in [2.24, 2.45) is 5.10 Å². The van der Waals surface area contributed by atoms with E-state index >= 15 is 0 Å². The molecule has 0 aliphatic heterocycles. The summed E-state index contributed by atoms with van der Waals surface area (Å²) in [5, 5.41) is 12.0. The first-order chi connectivity index (χ1) is 14.6. The van der Waals surface area contributed by atoms with Gasteiger partial charge < -0.3 is 14.2 Å². The summed E-state index contributed by atoms with van der Waals surface area (Å²) in [6.45, 7) is 5.12. The molecule has 0 amide bonds. The zero-order valence-electron chi connectivity index (χ0n) is 17.3. The van der Waals surface area contributed by atoms with Crippen molar-refractivity contribution in [1.29, 1.82) is 0 Å². The fraction of sp³-hybridized carbons (Fsp3) is 0.318. The first-order valence-electron chi connectivity index (χ1n) is 9.72. The Balaban J connectivity index is 1.57. The van der Waals surface area contributed by atoms with Crippen LogP contribution in [0.2, 0.25) is 5.02 Å². The summed E-state index contributed by atoms with van der Waals surface area (Å²) in [4.78, 5) is 0. The van der Waals surface area contributed by atoms with Crippen LogP contribution in [0.1, 0.15) is 37.3 Å². The Labute approximate surface area is 181 Å². The molecular formula is C22H25ClN4O3. The summed E-state index contributed by atoms with van der Waals surface area (Å²) < 4.78 is 18.5. The Hall–Kier alpha value is -3.06. The predicted molar refractivity (Wildman–Crippen MR) is 117 cm³/mol. The van der Waals surface area contributed by atoms with Gasteiger partial charge in [-0.25, -0.2) is 4.68 Å². The van der Waals surface area contributed by atoms with Crippen molar-refractivity contribution in [2.75, 3.05) is 20.3 Å². The van der Waals surface area contributed by atoms with Crippen molar-refractivity contribution in [3.63, 3.8) is 0 Å². The molecule has 2 aromatic carbocycles. The normalized spacial score (nSPS) is 12.1. The number of hydrogen-bond donors (Lipinski definition) is 0. The molecule has 0 radical (unpaired) electrons. The van der Waals surface area contributed by atoms with Gasteiger partial charge in [0.25, 0.3) is 0 Å². The minimum absolute atomic E-state index is 0.331. The SMILES string of the molecule is CCC(C)c1ccc(OCCOc2c(Cl)cc(/C=N/n3cnnc3)cc2OC)cc1. The van der Waals surface area contributed by atoms with Crippen molar-refractivity contribution in [3.8, 4) is 17.2 Å². The van der Waals surface area contributed by atoms with Gasteiger partial charge in [-0.1, -0.05) is 37.6 Å². The van der Waals surface area contributed by atoms with E-state index in [1.807, 2.05) is 12.1 Å². The third-order valence-corrected chi connectivity index (χ3v) is 4.94. The van der Waals surface area contributed by atoms with Gasteiger partial charge in [-0.15, -0.1) is 10.2 Å². The highest BCUT2D eigenvalue weighted by Gasteiger charge is 2.12. The second-order valence-corrected chi connectivity index (χ2v) is 7.10. The second kappa shape index (κ2) is 10.6. The van der Waals surface area contributed by atoms with Crippen LogP contribution in [0.3, 0.4) is 0 Å². The number of ether oxygens (including phenoxy) is 3. The zero-order valence-corrected chi connectivity index (χ0v) is 18.0. The molecule has 7 nitrogen and oxygen atoms in total. The molecule has 0 aliphatic rings. The van der Waals surface area contributed by atoms with E-state index in [0.29, 0.717) is 35.7 Å². The number of aromatic nitrogens is 3. The summed E-state index contributed by atoms with van der Waals surface area (Å²) in [5.74, 6) is 2.34. The Morgan fingerprint density at radius 3 is 2.47 bits per heavy atom. The molecule has 0 saturated heterocycles. The average Bonchev–Trinajstić information content (AvgIpc) is 3.29. The average molecular weight is 429 g/mol. The van der Waals surface area contributed by atoms with Crippen molar-refractivity contribution in [2.45, 2.75) is 26.2 Å². The highest BCUT2D eigenvalue weighted by atomic mass is 35.5. The fourth-order valence-corrected chi connectivity index (χ4v) is 3.05. The highest BCUT2D eigenvalue weighted by Crippen LogP contribution is 2.36. The Bertz CT molecular complexity index is 959. The van der Waals surface area contributed by atoms with Gasteiger partial charge in [-0.2, -0.15) is 5.10 Å². The molecule has 1 aromatic heterocycles. The molecule has 0 bridgehead atoms. The summed E-state index contributed by atoms with van der Waals surface area (Å²) >= 11 is 6.39. The molecule has 0 spiro atoms. The lowest BCUT2D eigenvalue weighted by molar-refractivity contribution is 0.211. The fourth-order valence-electron chi connectivity index (χ4n) is 2.77. The van der Waals surface area contributed by atoms with E-state index in [1.165, 1.54) is 22.9 Å². The first-order valence-corrected chi connectivity index (χ1v) is 10.1. The molecule has 0 saturated carbocycles. The van der Waals surface area contributed by atoms with E-state index in [1.54, 1.807) is 25.5 Å². The van der Waals surface area contributed by atoms with Crippen LogP contribution in [0.4, 0.5) is 0 Å². The molecule has 1 heterocycles. The monoisotopic (exact) mass is 428 g/mol. The standard InChI is InChI=1S/C22H25ClN4O3/c1-4-16(2)18-5-7-19(8-6-18)29-9-10-30-22-20(23)11-17(12-21(22)28-3)13-26-27-14-24-25-15-27/h5-8,11-16H,4,9-10H2,1-3H3/b26-13+. The number of benzene rings is 2. The molecule has 8 heteroatoms. The number of rotatable bonds is 10. The lowest BCUT2D eigenvalue weighted by Gasteiger charge is -2.14.